The van der Waals surface area contributed by atoms with Gasteiger partial charge < -0.3 is 4.74 Å². The number of halogens is 1. The van der Waals surface area contributed by atoms with E-state index in [4.69, 9.17) is 16.3 Å². The van der Waals surface area contributed by atoms with Crippen molar-refractivity contribution < 1.29 is 9.53 Å². The highest BCUT2D eigenvalue weighted by molar-refractivity contribution is 7.19. The summed E-state index contributed by atoms with van der Waals surface area (Å²) in [5, 5.41) is 10.8. The highest BCUT2D eigenvalue weighted by Gasteiger charge is 2.11. The molecule has 128 valence electrons. The van der Waals surface area contributed by atoms with Crippen LogP contribution in [-0.2, 0) is 0 Å². The number of nitrogens with one attached hydrogen (secondary N) is 2. The average Bonchev–Trinajstić information content (AvgIpc) is 3.25. The fourth-order valence-electron chi connectivity index (χ4n) is 2.06. The summed E-state index contributed by atoms with van der Waals surface area (Å²) in [5.74, 6) is 0.397. The van der Waals surface area contributed by atoms with Gasteiger partial charge >= 0.3 is 0 Å². The third-order valence-corrected chi connectivity index (χ3v) is 4.48. The molecule has 8 heteroatoms. The van der Waals surface area contributed by atoms with Crippen molar-refractivity contribution in [2.75, 3.05) is 6.61 Å². The molecule has 0 saturated heterocycles. The van der Waals surface area contributed by atoms with Crippen LogP contribution in [0.3, 0.4) is 0 Å². The van der Waals surface area contributed by atoms with Crippen LogP contribution in [0.2, 0.25) is 4.34 Å². The monoisotopic (exact) mass is 374 g/mol. The minimum atomic E-state index is -0.396. The van der Waals surface area contributed by atoms with Crippen molar-refractivity contribution in [2.45, 2.75) is 6.92 Å². The Bertz CT molecular complexity index is 886. The normalized spacial score (nSPS) is 11.0. The second-order valence-corrected chi connectivity index (χ2v) is 6.69. The quantitative estimate of drug-likeness (QED) is 0.506. The van der Waals surface area contributed by atoms with E-state index in [9.17, 15) is 4.79 Å². The number of aromatic nitrogens is 2. The van der Waals surface area contributed by atoms with Crippen molar-refractivity contribution >= 4 is 35.1 Å². The standard InChI is InChI=1S/C17H15ClN4O2S/c1-2-24-12-5-3-11(4-6-12)10-19-22-17(23)14-9-13(20-21-14)15-7-8-16(18)25-15/h3-10H,2H2,1H3,(H,20,21)(H,22,23)/b19-10-. The smallest absolute Gasteiger partial charge is 0.291 e. The van der Waals surface area contributed by atoms with E-state index < -0.39 is 5.91 Å². The van der Waals surface area contributed by atoms with Gasteiger partial charge in [0, 0.05) is 0 Å². The van der Waals surface area contributed by atoms with E-state index in [0.29, 0.717) is 10.9 Å². The number of ether oxygens (including phenoxy) is 1. The topological polar surface area (TPSA) is 79.4 Å². The Balaban J connectivity index is 1.59. The maximum absolute atomic E-state index is 12.1. The van der Waals surface area contributed by atoms with Crippen LogP contribution >= 0.6 is 22.9 Å². The molecule has 0 aliphatic carbocycles. The number of benzene rings is 1. The van der Waals surface area contributed by atoms with Gasteiger partial charge in [-0.15, -0.1) is 11.3 Å². The molecule has 3 aromatic rings. The second-order valence-electron chi connectivity index (χ2n) is 4.97. The van der Waals surface area contributed by atoms with Crippen LogP contribution in [0.5, 0.6) is 5.75 Å². The molecule has 0 spiro atoms. The number of hydrazone groups is 1. The maximum Gasteiger partial charge on any atom is 0.291 e. The first-order chi connectivity index (χ1) is 12.2. The highest BCUT2D eigenvalue weighted by atomic mass is 35.5. The third-order valence-electron chi connectivity index (χ3n) is 3.22. The first-order valence-corrected chi connectivity index (χ1v) is 8.72. The molecule has 25 heavy (non-hydrogen) atoms. The summed E-state index contributed by atoms with van der Waals surface area (Å²) in [6.45, 7) is 2.55. The highest BCUT2D eigenvalue weighted by Crippen LogP contribution is 2.29. The Morgan fingerprint density at radius 3 is 2.84 bits per heavy atom. The van der Waals surface area contributed by atoms with E-state index in [-0.39, 0.29) is 5.69 Å². The van der Waals surface area contributed by atoms with Crippen molar-refractivity contribution in [2.24, 2.45) is 5.10 Å². The van der Waals surface area contributed by atoms with E-state index in [2.05, 4.69) is 20.7 Å². The predicted octanol–water partition coefficient (Wildman–Crippen LogP) is 3.95. The Labute approximate surface area is 153 Å². The fraction of sp³-hybridized carbons (Fsp3) is 0.118. The van der Waals surface area contributed by atoms with Gasteiger partial charge in [0.05, 0.1) is 27.7 Å². The molecule has 1 aromatic carbocycles. The lowest BCUT2D eigenvalue weighted by Crippen LogP contribution is -2.17. The van der Waals surface area contributed by atoms with Gasteiger partial charge in [-0.05, 0) is 55.0 Å². The summed E-state index contributed by atoms with van der Waals surface area (Å²) in [5.41, 5.74) is 4.29. The molecular formula is C17H15ClN4O2S. The fourth-order valence-corrected chi connectivity index (χ4v) is 3.07. The van der Waals surface area contributed by atoms with Gasteiger partial charge in [0.2, 0.25) is 0 Å². The van der Waals surface area contributed by atoms with E-state index in [1.807, 2.05) is 37.3 Å². The van der Waals surface area contributed by atoms with Gasteiger partial charge in [-0.1, -0.05) is 11.6 Å². The molecule has 2 aromatic heterocycles. The van der Waals surface area contributed by atoms with E-state index >= 15 is 0 Å². The summed E-state index contributed by atoms with van der Waals surface area (Å²) in [4.78, 5) is 13.0. The number of hydrogen-bond donors (Lipinski definition) is 2. The first kappa shape index (κ1) is 17.2. The molecule has 3 rings (SSSR count). The van der Waals surface area contributed by atoms with Crippen molar-refractivity contribution in [3.63, 3.8) is 0 Å². The van der Waals surface area contributed by atoms with E-state index in [1.165, 1.54) is 11.3 Å². The molecule has 0 aliphatic rings. The molecule has 2 N–H and O–H groups in total. The van der Waals surface area contributed by atoms with Crippen LogP contribution in [0, 0.1) is 0 Å². The number of thiophene rings is 1. The van der Waals surface area contributed by atoms with Crippen molar-refractivity contribution in [3.05, 3.63) is 58.1 Å². The summed E-state index contributed by atoms with van der Waals surface area (Å²) >= 11 is 7.32. The Kier molecular flexibility index (Phi) is 5.47. The summed E-state index contributed by atoms with van der Waals surface area (Å²) < 4.78 is 6.04. The Morgan fingerprint density at radius 1 is 1.36 bits per heavy atom. The van der Waals surface area contributed by atoms with Crippen LogP contribution in [0.15, 0.2) is 47.6 Å². The molecule has 0 saturated carbocycles. The number of H-pyrrole nitrogens is 1. The summed E-state index contributed by atoms with van der Waals surface area (Å²) in [6, 6.07) is 12.7. The molecule has 2 heterocycles. The summed E-state index contributed by atoms with van der Waals surface area (Å²) in [6.07, 6.45) is 1.56. The van der Waals surface area contributed by atoms with Crippen molar-refractivity contribution in [3.8, 4) is 16.3 Å². The largest absolute Gasteiger partial charge is 0.494 e. The number of amides is 1. The lowest BCUT2D eigenvalue weighted by atomic mass is 10.2. The molecule has 0 radical (unpaired) electrons. The van der Waals surface area contributed by atoms with E-state index in [1.54, 1.807) is 18.3 Å². The number of carbonyl (C=O) groups is 1. The number of nitrogens with zero attached hydrogens (tertiary/aromatic N) is 2. The Hall–Kier alpha value is -2.64. The van der Waals surface area contributed by atoms with Crippen molar-refractivity contribution in [1.82, 2.24) is 15.6 Å². The van der Waals surface area contributed by atoms with Crippen molar-refractivity contribution in [1.29, 1.82) is 0 Å². The average molecular weight is 375 g/mol. The minimum Gasteiger partial charge on any atom is -0.494 e. The van der Waals surface area contributed by atoms with Gasteiger partial charge in [0.15, 0.2) is 5.69 Å². The number of aromatic amines is 1. The molecular weight excluding hydrogens is 360 g/mol. The number of carbonyl (C=O) groups excluding carboxylic acids is 1. The van der Waals surface area contributed by atoms with Gasteiger partial charge in [0.1, 0.15) is 5.75 Å². The molecule has 0 bridgehead atoms. The lowest BCUT2D eigenvalue weighted by molar-refractivity contribution is 0.0950. The summed E-state index contributed by atoms with van der Waals surface area (Å²) in [7, 11) is 0. The zero-order valence-electron chi connectivity index (χ0n) is 13.3. The number of hydrogen-bond acceptors (Lipinski definition) is 5. The van der Waals surface area contributed by atoms with Crippen LogP contribution in [0.25, 0.3) is 10.6 Å². The molecule has 0 fully saturated rings. The van der Waals surface area contributed by atoms with Crippen LogP contribution in [-0.4, -0.2) is 28.9 Å². The maximum atomic E-state index is 12.1. The molecule has 1 amide bonds. The van der Waals surface area contributed by atoms with Gasteiger partial charge in [0.25, 0.3) is 5.91 Å². The molecule has 6 nitrogen and oxygen atoms in total. The van der Waals surface area contributed by atoms with Crippen LogP contribution in [0.4, 0.5) is 0 Å². The van der Waals surface area contributed by atoms with Crippen LogP contribution in [0.1, 0.15) is 23.0 Å². The molecule has 0 unspecified atom stereocenters. The second kappa shape index (κ2) is 7.96. The molecule has 0 aliphatic heterocycles. The minimum absolute atomic E-state index is 0.253. The van der Waals surface area contributed by atoms with Gasteiger partial charge in [-0.25, -0.2) is 5.43 Å². The Morgan fingerprint density at radius 2 is 2.16 bits per heavy atom. The van der Waals surface area contributed by atoms with Gasteiger partial charge in [-0.2, -0.15) is 10.2 Å². The molecule has 0 atom stereocenters. The zero-order chi connectivity index (χ0) is 17.6. The first-order valence-electron chi connectivity index (χ1n) is 7.53. The predicted molar refractivity (Wildman–Crippen MR) is 99.6 cm³/mol. The van der Waals surface area contributed by atoms with Gasteiger partial charge in [-0.3, -0.25) is 9.89 Å². The number of rotatable bonds is 6. The lowest BCUT2D eigenvalue weighted by Gasteiger charge is -2.02. The van der Waals surface area contributed by atoms with Crippen LogP contribution < -0.4 is 10.2 Å². The van der Waals surface area contributed by atoms with E-state index in [0.717, 1.165) is 21.9 Å². The zero-order valence-corrected chi connectivity index (χ0v) is 14.9. The third kappa shape index (κ3) is 4.46. The SMILES string of the molecule is CCOc1ccc(/C=N\NC(=O)c2cc(-c3ccc(Cl)s3)[nH]n2)cc1.